The topological polar surface area (TPSA) is 55.1 Å². The summed E-state index contributed by atoms with van der Waals surface area (Å²) in [5.41, 5.74) is 5.80. The van der Waals surface area contributed by atoms with E-state index < -0.39 is 5.82 Å². The minimum absolute atomic E-state index is 0. The van der Waals surface area contributed by atoms with Gasteiger partial charge in [0, 0.05) is 12.1 Å². The van der Waals surface area contributed by atoms with Gasteiger partial charge in [-0.05, 0) is 31.0 Å². The van der Waals surface area contributed by atoms with Crippen molar-refractivity contribution in [3.63, 3.8) is 0 Å². The fourth-order valence-corrected chi connectivity index (χ4v) is 2.37. The Morgan fingerprint density at radius 3 is 2.61 bits per heavy atom. The molecule has 0 radical (unpaired) electrons. The van der Waals surface area contributed by atoms with Crippen LogP contribution in [0.2, 0.25) is 0 Å². The summed E-state index contributed by atoms with van der Waals surface area (Å²) in [4.78, 5) is 12.0. The first-order valence-corrected chi connectivity index (χ1v) is 5.93. The smallest absolute Gasteiger partial charge is 0.251 e. The minimum atomic E-state index is -0.397. The molecule has 1 aliphatic rings. The van der Waals surface area contributed by atoms with Crippen LogP contribution in [0.3, 0.4) is 0 Å². The summed E-state index contributed by atoms with van der Waals surface area (Å²) in [7, 11) is 0. The Morgan fingerprint density at radius 2 is 2.06 bits per heavy atom. The Morgan fingerprint density at radius 1 is 1.39 bits per heavy atom. The predicted molar refractivity (Wildman–Crippen MR) is 71.4 cm³/mol. The highest BCUT2D eigenvalue weighted by molar-refractivity contribution is 5.94. The van der Waals surface area contributed by atoms with Crippen molar-refractivity contribution >= 4 is 18.3 Å². The van der Waals surface area contributed by atoms with E-state index in [0.717, 1.165) is 25.7 Å². The molecule has 3 N–H and O–H groups in total. The summed E-state index contributed by atoms with van der Waals surface area (Å²) in [6.45, 7) is 0.439. The molecule has 1 fully saturated rings. The van der Waals surface area contributed by atoms with E-state index in [4.69, 9.17) is 5.73 Å². The molecule has 1 saturated carbocycles. The SMILES string of the molecule is Cl.NCC1(NC(=O)c2cccc(F)c2)CCCC1. The third-order valence-electron chi connectivity index (χ3n) is 3.42. The zero-order valence-corrected chi connectivity index (χ0v) is 10.9. The van der Waals surface area contributed by atoms with Crippen molar-refractivity contribution in [3.05, 3.63) is 35.6 Å². The number of hydrogen-bond donors (Lipinski definition) is 2. The van der Waals surface area contributed by atoms with Gasteiger partial charge >= 0.3 is 0 Å². The van der Waals surface area contributed by atoms with E-state index in [2.05, 4.69) is 5.32 Å². The molecular weight excluding hydrogens is 255 g/mol. The van der Waals surface area contributed by atoms with Gasteiger partial charge in [0.25, 0.3) is 5.91 Å². The molecule has 100 valence electrons. The van der Waals surface area contributed by atoms with Crippen LogP contribution < -0.4 is 11.1 Å². The zero-order valence-electron chi connectivity index (χ0n) is 10.1. The third kappa shape index (κ3) is 3.21. The largest absolute Gasteiger partial charge is 0.345 e. The Labute approximate surface area is 112 Å². The normalized spacial score (nSPS) is 17.0. The number of hydrogen-bond acceptors (Lipinski definition) is 2. The second-order valence-electron chi connectivity index (χ2n) is 4.66. The molecule has 0 heterocycles. The van der Waals surface area contributed by atoms with Gasteiger partial charge in [-0.2, -0.15) is 0 Å². The average molecular weight is 273 g/mol. The number of nitrogens with one attached hydrogen (secondary N) is 1. The van der Waals surface area contributed by atoms with E-state index in [9.17, 15) is 9.18 Å². The van der Waals surface area contributed by atoms with Crippen molar-refractivity contribution in [1.29, 1.82) is 0 Å². The lowest BCUT2D eigenvalue weighted by Crippen LogP contribution is -2.51. The van der Waals surface area contributed by atoms with Crippen molar-refractivity contribution in [2.75, 3.05) is 6.54 Å². The molecule has 0 aromatic heterocycles. The maximum absolute atomic E-state index is 13.0. The first-order chi connectivity index (χ1) is 8.15. The van der Waals surface area contributed by atoms with Gasteiger partial charge in [0.15, 0.2) is 0 Å². The van der Waals surface area contributed by atoms with Crippen LogP contribution in [0.25, 0.3) is 0 Å². The number of nitrogens with two attached hydrogens (primary N) is 1. The van der Waals surface area contributed by atoms with Gasteiger partial charge in [0.2, 0.25) is 0 Å². The summed E-state index contributed by atoms with van der Waals surface area (Å²) in [6, 6.07) is 5.71. The van der Waals surface area contributed by atoms with Crippen molar-refractivity contribution in [2.45, 2.75) is 31.2 Å². The lowest BCUT2D eigenvalue weighted by molar-refractivity contribution is 0.0902. The minimum Gasteiger partial charge on any atom is -0.345 e. The highest BCUT2D eigenvalue weighted by Crippen LogP contribution is 2.28. The highest BCUT2D eigenvalue weighted by Gasteiger charge is 2.34. The zero-order chi connectivity index (χ0) is 12.3. The Bertz CT molecular complexity index is 419. The summed E-state index contributed by atoms with van der Waals surface area (Å²) in [6.07, 6.45) is 3.98. The van der Waals surface area contributed by atoms with E-state index in [1.807, 2.05) is 0 Å². The van der Waals surface area contributed by atoms with Crippen molar-refractivity contribution in [1.82, 2.24) is 5.32 Å². The molecule has 1 aliphatic carbocycles. The Balaban J connectivity index is 0.00000162. The van der Waals surface area contributed by atoms with Gasteiger partial charge in [-0.25, -0.2) is 4.39 Å². The molecule has 0 bridgehead atoms. The number of carbonyl (C=O) groups excluding carboxylic acids is 1. The van der Waals surface area contributed by atoms with E-state index in [0.29, 0.717) is 12.1 Å². The van der Waals surface area contributed by atoms with Crippen LogP contribution in [-0.2, 0) is 0 Å². The molecule has 2 rings (SSSR count). The van der Waals surface area contributed by atoms with Crippen LogP contribution in [0.4, 0.5) is 4.39 Å². The summed E-state index contributed by atoms with van der Waals surface area (Å²) < 4.78 is 13.0. The van der Waals surface area contributed by atoms with E-state index in [1.54, 1.807) is 6.07 Å². The van der Waals surface area contributed by atoms with Gasteiger partial charge in [0.1, 0.15) is 5.82 Å². The summed E-state index contributed by atoms with van der Waals surface area (Å²) in [5, 5.41) is 2.95. The number of benzene rings is 1. The molecule has 1 aromatic carbocycles. The quantitative estimate of drug-likeness (QED) is 0.887. The highest BCUT2D eigenvalue weighted by atomic mass is 35.5. The third-order valence-corrected chi connectivity index (χ3v) is 3.42. The lowest BCUT2D eigenvalue weighted by Gasteiger charge is -2.28. The van der Waals surface area contributed by atoms with E-state index in [-0.39, 0.29) is 23.9 Å². The molecule has 0 atom stereocenters. The van der Waals surface area contributed by atoms with Gasteiger partial charge in [-0.3, -0.25) is 4.79 Å². The van der Waals surface area contributed by atoms with Gasteiger partial charge < -0.3 is 11.1 Å². The molecular formula is C13H18ClFN2O. The summed E-state index contributed by atoms with van der Waals surface area (Å²) in [5.74, 6) is -0.636. The van der Waals surface area contributed by atoms with Crippen LogP contribution in [0, 0.1) is 5.82 Å². The molecule has 1 amide bonds. The van der Waals surface area contributed by atoms with Crippen LogP contribution >= 0.6 is 12.4 Å². The number of amides is 1. The number of carbonyl (C=O) groups is 1. The van der Waals surface area contributed by atoms with Gasteiger partial charge in [-0.15, -0.1) is 12.4 Å². The fraction of sp³-hybridized carbons (Fsp3) is 0.462. The van der Waals surface area contributed by atoms with Crippen LogP contribution in [0.5, 0.6) is 0 Å². The maximum Gasteiger partial charge on any atom is 0.251 e. The predicted octanol–water partition coefficient (Wildman–Crippen LogP) is 2.25. The molecule has 18 heavy (non-hydrogen) atoms. The number of rotatable bonds is 3. The molecule has 0 unspecified atom stereocenters. The number of halogens is 2. The second kappa shape index (κ2) is 6.16. The molecule has 0 spiro atoms. The molecule has 1 aromatic rings. The average Bonchev–Trinajstić information content (AvgIpc) is 2.78. The lowest BCUT2D eigenvalue weighted by atomic mass is 9.97. The van der Waals surface area contributed by atoms with Crippen molar-refractivity contribution in [2.24, 2.45) is 5.73 Å². The Kier molecular flexibility index (Phi) is 5.11. The van der Waals surface area contributed by atoms with E-state index in [1.165, 1.54) is 18.2 Å². The fourth-order valence-electron chi connectivity index (χ4n) is 2.37. The molecule has 5 heteroatoms. The second-order valence-corrected chi connectivity index (χ2v) is 4.66. The monoisotopic (exact) mass is 272 g/mol. The maximum atomic E-state index is 13.0. The van der Waals surface area contributed by atoms with Crippen molar-refractivity contribution < 1.29 is 9.18 Å². The molecule has 0 saturated heterocycles. The van der Waals surface area contributed by atoms with Gasteiger partial charge in [0.05, 0.1) is 5.54 Å². The van der Waals surface area contributed by atoms with Crippen LogP contribution in [0.1, 0.15) is 36.0 Å². The van der Waals surface area contributed by atoms with Crippen LogP contribution in [-0.4, -0.2) is 18.0 Å². The standard InChI is InChI=1S/C13H17FN2O.ClH/c14-11-5-3-4-10(8-11)12(17)16-13(9-15)6-1-2-7-13;/h3-5,8H,1-2,6-7,9,15H2,(H,16,17);1H. The van der Waals surface area contributed by atoms with E-state index >= 15 is 0 Å². The van der Waals surface area contributed by atoms with Gasteiger partial charge in [-0.1, -0.05) is 18.9 Å². The molecule has 0 aliphatic heterocycles. The first kappa shape index (κ1) is 14.9. The molecule has 3 nitrogen and oxygen atoms in total. The van der Waals surface area contributed by atoms with Crippen molar-refractivity contribution in [3.8, 4) is 0 Å². The van der Waals surface area contributed by atoms with Crippen LogP contribution in [0.15, 0.2) is 24.3 Å². The first-order valence-electron chi connectivity index (χ1n) is 5.93. The summed E-state index contributed by atoms with van der Waals surface area (Å²) >= 11 is 0. The Hall–Kier alpha value is -1.13.